The Balaban J connectivity index is 0.00000264. The number of aliphatic hydroxyl groups excluding tert-OH is 1. The van der Waals surface area contributed by atoms with Gasteiger partial charge in [0.2, 0.25) is 5.95 Å². The van der Waals surface area contributed by atoms with Crippen LogP contribution in [0.25, 0.3) is 11.2 Å². The van der Waals surface area contributed by atoms with Gasteiger partial charge in [0.25, 0.3) is 13.4 Å². The number of nitrogens with two attached hydrogens (primary N) is 1. The summed E-state index contributed by atoms with van der Waals surface area (Å²) in [5.74, 6) is -0.569. The molecule has 2 aromatic rings. The fraction of sp³-hybridized carbons (Fsp3) is 0.500. The molecule has 0 amide bonds. The molecule has 13 heteroatoms. The molecule has 2 heterocycles. The fourth-order valence-electron chi connectivity index (χ4n) is 1.88. The monoisotopic (exact) mass is 355 g/mol. The summed E-state index contributed by atoms with van der Waals surface area (Å²) < 4.78 is 16.3. The molecule has 0 saturated heterocycles. The summed E-state index contributed by atoms with van der Waals surface area (Å²) in [4.78, 5) is 40.9. The number of aromatic amines is 1. The summed E-state index contributed by atoms with van der Waals surface area (Å²) in [6.07, 6.45) is 1.71. The molecule has 122 valence electrons. The number of aryl methyl sites for hydroxylation is 1. The molecule has 0 aliphatic heterocycles. The number of hydrogen-bond donors (Lipinski definition) is 4. The van der Waals surface area contributed by atoms with Crippen LogP contribution >= 0.6 is 7.82 Å². The van der Waals surface area contributed by atoms with Gasteiger partial charge in [0.15, 0.2) is 11.2 Å². The zero-order valence-corrected chi connectivity index (χ0v) is 15.3. The first-order valence-corrected chi connectivity index (χ1v) is 7.79. The number of phosphoric acid groups is 1. The van der Waals surface area contributed by atoms with Crippen LogP contribution in [-0.2, 0) is 15.6 Å². The number of H-pyrrole nitrogens is 1. The molecule has 2 unspecified atom stereocenters. The Kier molecular flexibility index (Phi) is 7.36. The summed E-state index contributed by atoms with van der Waals surface area (Å²) in [5.41, 5.74) is 5.42. The van der Waals surface area contributed by atoms with Crippen molar-refractivity contribution in [3.8, 4) is 0 Å². The Morgan fingerprint density at radius 1 is 1.57 bits per heavy atom. The van der Waals surface area contributed by atoms with E-state index >= 15 is 0 Å². The normalized spacial score (nSPS) is 15.1. The molecule has 0 fully saturated rings. The molecular formula is C10H15N5NaO6P. The number of fused-ring (bicyclic) bond motifs is 1. The van der Waals surface area contributed by atoms with Crippen molar-refractivity contribution >= 4 is 24.9 Å². The Labute approximate surface area is 152 Å². The van der Waals surface area contributed by atoms with Crippen LogP contribution in [-0.4, -0.2) is 42.7 Å². The van der Waals surface area contributed by atoms with Gasteiger partial charge < -0.3 is 29.7 Å². The van der Waals surface area contributed by atoms with E-state index in [1.807, 2.05) is 0 Å². The van der Waals surface area contributed by atoms with Crippen molar-refractivity contribution in [2.24, 2.45) is 5.92 Å². The van der Waals surface area contributed by atoms with E-state index in [1.165, 1.54) is 6.33 Å². The predicted molar refractivity (Wildman–Crippen MR) is 73.5 cm³/mol. The maximum atomic E-state index is 11.6. The number of nitrogens with one attached hydrogen (secondary N) is 1. The number of phosphoric ester groups is 1. The molecule has 0 radical (unpaired) electrons. The second-order valence-corrected chi connectivity index (χ2v) is 5.86. The molecule has 2 aromatic heterocycles. The van der Waals surface area contributed by atoms with Crippen LogP contribution in [0.2, 0.25) is 0 Å². The SMILES string of the molecule is Nc1nc2c(ncn2CCC(CO)COP(=O)([O-])O)c(=O)[nH]1.[Na+]. The summed E-state index contributed by atoms with van der Waals surface area (Å²) in [6.45, 7) is -0.380. The third-order valence-electron chi connectivity index (χ3n) is 3.00. The summed E-state index contributed by atoms with van der Waals surface area (Å²) >= 11 is 0. The van der Waals surface area contributed by atoms with Crippen molar-refractivity contribution < 1.29 is 53.5 Å². The topological polar surface area (TPSA) is 179 Å². The van der Waals surface area contributed by atoms with Gasteiger partial charge in [-0.15, -0.1) is 0 Å². The number of hydrogen-bond acceptors (Lipinski definition) is 8. The molecule has 11 nitrogen and oxygen atoms in total. The third kappa shape index (κ3) is 5.66. The van der Waals surface area contributed by atoms with Gasteiger partial charge in [-0.2, -0.15) is 4.98 Å². The van der Waals surface area contributed by atoms with Gasteiger partial charge in [-0.05, 0) is 6.42 Å². The van der Waals surface area contributed by atoms with E-state index in [9.17, 15) is 19.4 Å². The molecule has 0 saturated carbocycles. The first-order valence-electron chi connectivity index (χ1n) is 6.30. The maximum Gasteiger partial charge on any atom is 1.00 e. The quantitative estimate of drug-likeness (QED) is 0.280. The number of aliphatic hydroxyl groups is 1. The summed E-state index contributed by atoms with van der Waals surface area (Å²) in [5, 5.41) is 9.18. The minimum absolute atomic E-state index is 0. The maximum absolute atomic E-state index is 11.6. The van der Waals surface area contributed by atoms with E-state index in [1.54, 1.807) is 4.57 Å². The number of aromatic nitrogens is 4. The van der Waals surface area contributed by atoms with Gasteiger partial charge in [-0.3, -0.25) is 14.3 Å². The van der Waals surface area contributed by atoms with E-state index in [4.69, 9.17) is 10.6 Å². The molecule has 2 atom stereocenters. The first kappa shape index (κ1) is 20.3. The van der Waals surface area contributed by atoms with Gasteiger partial charge in [-0.1, -0.05) is 0 Å². The standard InChI is InChI=1S/C10H16N5O6P.Na/c11-10-13-8-7(9(17)14-10)12-5-15(8)2-1-6(3-16)4-21-22(18,19)20;/h5-6,16H,1-4H2,(H2,18,19,20)(H3,11,13,14,17);/q;+1/p-1. The van der Waals surface area contributed by atoms with Crippen molar-refractivity contribution in [2.75, 3.05) is 18.9 Å². The van der Waals surface area contributed by atoms with Gasteiger partial charge in [0.05, 0.1) is 12.9 Å². The molecule has 0 aliphatic carbocycles. The minimum atomic E-state index is -4.82. The fourth-order valence-corrected chi connectivity index (χ4v) is 2.28. The molecule has 0 aromatic carbocycles. The molecule has 5 N–H and O–H groups in total. The second kappa shape index (κ2) is 8.36. The number of nitrogens with zero attached hydrogens (tertiary/aromatic N) is 3. The van der Waals surface area contributed by atoms with Crippen molar-refractivity contribution in [3.63, 3.8) is 0 Å². The molecule has 0 aliphatic rings. The average Bonchev–Trinajstić information content (AvgIpc) is 2.81. The smallest absolute Gasteiger partial charge is 0.756 e. The van der Waals surface area contributed by atoms with Crippen LogP contribution in [0, 0.1) is 5.92 Å². The molecule has 0 spiro atoms. The Morgan fingerprint density at radius 2 is 2.26 bits per heavy atom. The van der Waals surface area contributed by atoms with Gasteiger partial charge in [0.1, 0.15) is 0 Å². The summed E-state index contributed by atoms with van der Waals surface area (Å²) in [7, 11) is -4.82. The third-order valence-corrected chi connectivity index (χ3v) is 3.48. The van der Waals surface area contributed by atoms with Gasteiger partial charge >= 0.3 is 29.6 Å². The van der Waals surface area contributed by atoms with Crippen molar-refractivity contribution in [1.82, 2.24) is 19.5 Å². The number of rotatable bonds is 7. The van der Waals surface area contributed by atoms with E-state index < -0.39 is 19.3 Å². The van der Waals surface area contributed by atoms with Crippen LogP contribution in [0.5, 0.6) is 0 Å². The Hall–Kier alpha value is -0.780. The predicted octanol–water partition coefficient (Wildman–Crippen LogP) is -4.82. The largest absolute Gasteiger partial charge is 1.00 e. The summed E-state index contributed by atoms with van der Waals surface area (Å²) in [6, 6.07) is 0. The average molecular weight is 355 g/mol. The van der Waals surface area contributed by atoms with Crippen LogP contribution in [0.4, 0.5) is 5.95 Å². The van der Waals surface area contributed by atoms with E-state index in [-0.39, 0.29) is 59.9 Å². The Bertz CT molecular complexity index is 758. The Morgan fingerprint density at radius 3 is 2.87 bits per heavy atom. The zero-order valence-electron chi connectivity index (χ0n) is 12.4. The van der Waals surface area contributed by atoms with Crippen molar-refractivity contribution in [1.29, 1.82) is 0 Å². The number of nitrogen functional groups attached to an aromatic ring is 1. The minimum Gasteiger partial charge on any atom is -0.756 e. The molecule has 2 rings (SSSR count). The zero-order chi connectivity index (χ0) is 16.3. The van der Waals surface area contributed by atoms with Gasteiger partial charge in [-0.25, -0.2) is 4.98 Å². The van der Waals surface area contributed by atoms with E-state index in [0.29, 0.717) is 13.0 Å². The van der Waals surface area contributed by atoms with E-state index in [0.717, 1.165) is 0 Å². The van der Waals surface area contributed by atoms with Crippen LogP contribution < -0.4 is 45.7 Å². The van der Waals surface area contributed by atoms with Crippen LogP contribution in [0.1, 0.15) is 6.42 Å². The molecular weight excluding hydrogens is 340 g/mol. The number of imidazole rings is 1. The van der Waals surface area contributed by atoms with Crippen LogP contribution in [0.3, 0.4) is 0 Å². The first-order chi connectivity index (χ1) is 10.3. The molecule has 23 heavy (non-hydrogen) atoms. The van der Waals surface area contributed by atoms with E-state index in [2.05, 4.69) is 19.5 Å². The van der Waals surface area contributed by atoms with Gasteiger partial charge in [0, 0.05) is 19.1 Å². The van der Waals surface area contributed by atoms with Crippen molar-refractivity contribution in [3.05, 3.63) is 16.7 Å². The number of anilines is 1. The second-order valence-electron chi connectivity index (χ2n) is 4.66. The molecule has 0 bridgehead atoms. The van der Waals surface area contributed by atoms with Crippen LogP contribution in [0.15, 0.2) is 11.1 Å². The van der Waals surface area contributed by atoms with Crippen molar-refractivity contribution in [2.45, 2.75) is 13.0 Å².